The Hall–Kier alpha value is -2.60. The van der Waals surface area contributed by atoms with E-state index in [1.807, 2.05) is 48.7 Å². The number of pyridine rings is 1. The number of amides is 1. The van der Waals surface area contributed by atoms with E-state index in [1.54, 1.807) is 0 Å². The first-order valence-electron chi connectivity index (χ1n) is 9.04. The van der Waals surface area contributed by atoms with Gasteiger partial charge in [0.1, 0.15) is 11.6 Å². The molecular weight excluding hydrogens is 328 g/mol. The SMILES string of the molecule is CN1CCN(c2ncccc2CNC(=O)CCOc2ccccc2)CC1. The fourth-order valence-corrected chi connectivity index (χ4v) is 2.93. The monoisotopic (exact) mass is 354 g/mol. The van der Waals surface area contributed by atoms with Crippen LogP contribution in [0.1, 0.15) is 12.0 Å². The molecule has 1 aliphatic heterocycles. The predicted octanol–water partition coefficient (Wildman–Crippen LogP) is 1.92. The molecule has 0 spiro atoms. The number of carbonyl (C=O) groups is 1. The van der Waals surface area contributed by atoms with Gasteiger partial charge in [-0.25, -0.2) is 4.98 Å². The molecule has 0 unspecified atom stereocenters. The normalized spacial score (nSPS) is 14.9. The summed E-state index contributed by atoms with van der Waals surface area (Å²) in [6, 6.07) is 13.5. The zero-order valence-corrected chi connectivity index (χ0v) is 15.2. The van der Waals surface area contributed by atoms with E-state index in [1.165, 1.54) is 0 Å². The molecule has 6 heteroatoms. The molecule has 0 saturated carbocycles. The van der Waals surface area contributed by atoms with Crippen LogP contribution in [0.15, 0.2) is 48.7 Å². The van der Waals surface area contributed by atoms with Crippen molar-refractivity contribution in [1.29, 1.82) is 0 Å². The molecule has 2 aromatic rings. The summed E-state index contributed by atoms with van der Waals surface area (Å²) < 4.78 is 5.57. The first-order chi connectivity index (χ1) is 12.7. The molecule has 1 aromatic carbocycles. The lowest BCUT2D eigenvalue weighted by Crippen LogP contribution is -2.45. The molecule has 3 rings (SSSR count). The minimum absolute atomic E-state index is 0.0193. The smallest absolute Gasteiger partial charge is 0.223 e. The summed E-state index contributed by atoms with van der Waals surface area (Å²) in [5.41, 5.74) is 1.05. The second-order valence-electron chi connectivity index (χ2n) is 6.46. The van der Waals surface area contributed by atoms with Crippen molar-refractivity contribution in [3.05, 3.63) is 54.2 Å². The number of ether oxygens (including phenoxy) is 1. The topological polar surface area (TPSA) is 57.7 Å². The number of piperazine rings is 1. The van der Waals surface area contributed by atoms with Crippen LogP contribution < -0.4 is 15.0 Å². The summed E-state index contributed by atoms with van der Waals surface area (Å²) in [5, 5.41) is 2.98. The van der Waals surface area contributed by atoms with Crippen LogP contribution in [0.4, 0.5) is 5.82 Å². The quantitative estimate of drug-likeness (QED) is 0.823. The molecular formula is C20H26N4O2. The summed E-state index contributed by atoms with van der Waals surface area (Å²) in [5.74, 6) is 1.74. The van der Waals surface area contributed by atoms with Crippen LogP contribution in [0.5, 0.6) is 5.75 Å². The summed E-state index contributed by atoms with van der Waals surface area (Å²) in [6.07, 6.45) is 2.14. The van der Waals surface area contributed by atoms with Crippen molar-refractivity contribution in [2.24, 2.45) is 0 Å². The van der Waals surface area contributed by atoms with E-state index in [0.29, 0.717) is 19.6 Å². The zero-order valence-electron chi connectivity index (χ0n) is 15.2. The molecule has 138 valence electrons. The number of nitrogens with zero attached hydrogens (tertiary/aromatic N) is 3. The molecule has 0 aliphatic carbocycles. The van der Waals surface area contributed by atoms with E-state index in [0.717, 1.165) is 43.3 Å². The number of carbonyl (C=O) groups excluding carboxylic acids is 1. The lowest BCUT2D eigenvalue weighted by atomic mass is 10.2. The lowest BCUT2D eigenvalue weighted by molar-refractivity contribution is -0.121. The minimum atomic E-state index is -0.0193. The zero-order chi connectivity index (χ0) is 18.2. The van der Waals surface area contributed by atoms with E-state index in [-0.39, 0.29) is 5.91 Å². The summed E-state index contributed by atoms with van der Waals surface area (Å²) in [4.78, 5) is 21.2. The number of benzene rings is 1. The van der Waals surface area contributed by atoms with Crippen molar-refractivity contribution in [2.75, 3.05) is 44.7 Å². The van der Waals surface area contributed by atoms with E-state index in [4.69, 9.17) is 4.74 Å². The van der Waals surface area contributed by atoms with E-state index < -0.39 is 0 Å². The third kappa shape index (κ3) is 5.20. The van der Waals surface area contributed by atoms with E-state index in [2.05, 4.69) is 27.1 Å². The van der Waals surface area contributed by atoms with Gasteiger partial charge in [-0.3, -0.25) is 4.79 Å². The molecule has 2 heterocycles. The molecule has 1 fully saturated rings. The van der Waals surface area contributed by atoms with Gasteiger partial charge in [0.2, 0.25) is 5.91 Å². The van der Waals surface area contributed by atoms with Gasteiger partial charge in [-0.1, -0.05) is 24.3 Å². The van der Waals surface area contributed by atoms with Gasteiger partial charge in [0, 0.05) is 44.5 Å². The van der Waals surface area contributed by atoms with Crippen LogP contribution >= 0.6 is 0 Å². The number of hydrogen-bond donors (Lipinski definition) is 1. The van der Waals surface area contributed by atoms with Gasteiger partial charge in [0.25, 0.3) is 0 Å². The number of para-hydroxylation sites is 1. The lowest BCUT2D eigenvalue weighted by Gasteiger charge is -2.34. The molecule has 1 aliphatic rings. The number of anilines is 1. The molecule has 1 amide bonds. The summed E-state index contributed by atoms with van der Waals surface area (Å²) in [6.45, 7) is 4.82. The standard InChI is InChI=1S/C20H26N4O2/c1-23-11-13-24(14-12-23)20-17(6-5-10-21-20)16-22-19(25)9-15-26-18-7-3-2-4-8-18/h2-8,10H,9,11-16H2,1H3,(H,22,25). The molecule has 1 N–H and O–H groups in total. The fourth-order valence-electron chi connectivity index (χ4n) is 2.93. The van der Waals surface area contributed by atoms with Gasteiger partial charge in [-0.15, -0.1) is 0 Å². The highest BCUT2D eigenvalue weighted by Gasteiger charge is 2.18. The Balaban J connectivity index is 1.47. The molecule has 1 saturated heterocycles. The third-order valence-corrected chi connectivity index (χ3v) is 4.49. The number of nitrogens with one attached hydrogen (secondary N) is 1. The summed E-state index contributed by atoms with van der Waals surface area (Å²) >= 11 is 0. The second kappa shape index (κ2) is 9.20. The first-order valence-corrected chi connectivity index (χ1v) is 9.04. The molecule has 0 bridgehead atoms. The van der Waals surface area contributed by atoms with Crippen molar-refractivity contribution in [3.8, 4) is 5.75 Å². The Morgan fingerprint density at radius 3 is 2.65 bits per heavy atom. The Morgan fingerprint density at radius 2 is 1.88 bits per heavy atom. The highest BCUT2D eigenvalue weighted by atomic mass is 16.5. The van der Waals surface area contributed by atoms with Crippen molar-refractivity contribution in [2.45, 2.75) is 13.0 Å². The maximum Gasteiger partial charge on any atom is 0.223 e. The molecule has 6 nitrogen and oxygen atoms in total. The van der Waals surface area contributed by atoms with Gasteiger partial charge in [-0.05, 0) is 25.2 Å². The Morgan fingerprint density at radius 1 is 1.12 bits per heavy atom. The highest BCUT2D eigenvalue weighted by molar-refractivity contribution is 5.76. The van der Waals surface area contributed by atoms with Crippen LogP contribution in [0.25, 0.3) is 0 Å². The van der Waals surface area contributed by atoms with Gasteiger partial charge >= 0.3 is 0 Å². The first kappa shape index (κ1) is 18.2. The number of hydrogen-bond acceptors (Lipinski definition) is 5. The predicted molar refractivity (Wildman–Crippen MR) is 102 cm³/mol. The van der Waals surface area contributed by atoms with Crippen molar-refractivity contribution in [3.63, 3.8) is 0 Å². The average Bonchev–Trinajstić information content (AvgIpc) is 2.68. The van der Waals surface area contributed by atoms with Crippen LogP contribution in [-0.2, 0) is 11.3 Å². The largest absolute Gasteiger partial charge is 0.493 e. The van der Waals surface area contributed by atoms with Gasteiger partial charge in [0.05, 0.1) is 13.0 Å². The molecule has 26 heavy (non-hydrogen) atoms. The van der Waals surface area contributed by atoms with Gasteiger partial charge in [-0.2, -0.15) is 0 Å². The van der Waals surface area contributed by atoms with E-state index >= 15 is 0 Å². The number of likely N-dealkylation sites (N-methyl/N-ethyl adjacent to an activating group) is 1. The Kier molecular flexibility index (Phi) is 6.44. The van der Waals surface area contributed by atoms with Crippen molar-refractivity contribution < 1.29 is 9.53 Å². The molecule has 0 atom stereocenters. The number of aromatic nitrogens is 1. The number of rotatable bonds is 7. The van der Waals surface area contributed by atoms with Gasteiger partial charge in [0.15, 0.2) is 0 Å². The van der Waals surface area contributed by atoms with Crippen LogP contribution in [0.3, 0.4) is 0 Å². The summed E-state index contributed by atoms with van der Waals surface area (Å²) in [7, 11) is 2.13. The molecule has 0 radical (unpaired) electrons. The van der Waals surface area contributed by atoms with Gasteiger partial charge < -0.3 is 19.9 Å². The highest BCUT2D eigenvalue weighted by Crippen LogP contribution is 2.18. The molecule has 1 aromatic heterocycles. The van der Waals surface area contributed by atoms with Crippen LogP contribution in [0, 0.1) is 0 Å². The van der Waals surface area contributed by atoms with Crippen molar-refractivity contribution in [1.82, 2.24) is 15.2 Å². The third-order valence-electron chi connectivity index (χ3n) is 4.49. The Bertz CT molecular complexity index is 700. The maximum atomic E-state index is 12.1. The Labute approximate surface area is 154 Å². The van der Waals surface area contributed by atoms with Crippen LogP contribution in [-0.4, -0.2) is 55.6 Å². The fraction of sp³-hybridized carbons (Fsp3) is 0.400. The van der Waals surface area contributed by atoms with Crippen LogP contribution in [0.2, 0.25) is 0 Å². The second-order valence-corrected chi connectivity index (χ2v) is 6.46. The van der Waals surface area contributed by atoms with Crippen molar-refractivity contribution >= 4 is 11.7 Å². The van der Waals surface area contributed by atoms with E-state index in [9.17, 15) is 4.79 Å². The maximum absolute atomic E-state index is 12.1. The average molecular weight is 354 g/mol. The minimum Gasteiger partial charge on any atom is -0.493 e.